The molecule has 0 fully saturated rings. The van der Waals surface area contributed by atoms with Gasteiger partial charge in [0.1, 0.15) is 0 Å². The molecule has 0 saturated heterocycles. The standard InChI is InChI=1S/C14H13Cl2N3O2/c1-14(8-20,9-5-3-2-4-6-9)17-13(21)10-7-11(15)18-19-12(10)16/h2-7,20H,8H2,1H3,(H,17,21). The number of hydrogen-bond donors (Lipinski definition) is 2. The van der Waals surface area contributed by atoms with Crippen LogP contribution in [0.2, 0.25) is 10.3 Å². The lowest BCUT2D eigenvalue weighted by Crippen LogP contribution is -2.46. The maximum absolute atomic E-state index is 12.3. The van der Waals surface area contributed by atoms with E-state index in [-0.39, 0.29) is 22.5 Å². The maximum atomic E-state index is 12.3. The summed E-state index contributed by atoms with van der Waals surface area (Å²) in [6, 6.07) is 10.5. The van der Waals surface area contributed by atoms with E-state index < -0.39 is 11.4 Å². The number of aliphatic hydroxyl groups is 1. The molecule has 21 heavy (non-hydrogen) atoms. The van der Waals surface area contributed by atoms with Gasteiger partial charge in [-0.15, -0.1) is 10.2 Å². The highest BCUT2D eigenvalue weighted by Crippen LogP contribution is 2.22. The molecular formula is C14H13Cl2N3O2. The highest BCUT2D eigenvalue weighted by atomic mass is 35.5. The molecule has 1 atom stereocenters. The number of aliphatic hydroxyl groups excluding tert-OH is 1. The number of aromatic nitrogens is 2. The van der Waals surface area contributed by atoms with Crippen molar-refractivity contribution in [3.05, 3.63) is 57.8 Å². The predicted molar refractivity (Wildman–Crippen MR) is 80.4 cm³/mol. The number of hydrogen-bond acceptors (Lipinski definition) is 4. The average molecular weight is 326 g/mol. The van der Waals surface area contributed by atoms with Gasteiger partial charge in [-0.25, -0.2) is 0 Å². The van der Waals surface area contributed by atoms with Crippen molar-refractivity contribution in [2.75, 3.05) is 6.61 Å². The molecule has 0 aliphatic carbocycles. The van der Waals surface area contributed by atoms with Crippen LogP contribution < -0.4 is 5.32 Å². The lowest BCUT2D eigenvalue weighted by molar-refractivity contribution is 0.0849. The fraction of sp³-hybridized carbons (Fsp3) is 0.214. The van der Waals surface area contributed by atoms with Crippen LogP contribution in [0.15, 0.2) is 36.4 Å². The number of carbonyl (C=O) groups excluding carboxylic acids is 1. The first kappa shape index (κ1) is 15.7. The molecule has 1 aromatic heterocycles. The lowest BCUT2D eigenvalue weighted by atomic mass is 9.92. The molecule has 0 aliphatic heterocycles. The second-order valence-electron chi connectivity index (χ2n) is 4.68. The number of halogens is 2. The zero-order valence-corrected chi connectivity index (χ0v) is 12.7. The predicted octanol–water partition coefficient (Wildman–Crippen LogP) is 2.42. The first-order valence-electron chi connectivity index (χ1n) is 6.14. The minimum absolute atomic E-state index is 0.0507. The van der Waals surface area contributed by atoms with Gasteiger partial charge in [0.05, 0.1) is 17.7 Å². The number of rotatable bonds is 4. The van der Waals surface area contributed by atoms with Crippen LogP contribution in [0.3, 0.4) is 0 Å². The second kappa shape index (κ2) is 6.39. The first-order chi connectivity index (χ1) is 9.96. The molecule has 1 aromatic carbocycles. The SMILES string of the molecule is CC(CO)(NC(=O)c1cc(Cl)nnc1Cl)c1ccccc1. The molecule has 0 saturated carbocycles. The minimum atomic E-state index is -0.947. The summed E-state index contributed by atoms with van der Waals surface area (Å²) in [6.45, 7) is 1.44. The van der Waals surface area contributed by atoms with E-state index in [1.54, 1.807) is 6.92 Å². The Kier molecular flexibility index (Phi) is 4.77. The third kappa shape index (κ3) is 3.50. The summed E-state index contributed by atoms with van der Waals surface area (Å²) >= 11 is 11.6. The Morgan fingerprint density at radius 2 is 1.95 bits per heavy atom. The van der Waals surface area contributed by atoms with Gasteiger partial charge < -0.3 is 10.4 Å². The zero-order valence-electron chi connectivity index (χ0n) is 11.2. The third-order valence-electron chi connectivity index (χ3n) is 3.08. The molecule has 5 nitrogen and oxygen atoms in total. The molecule has 0 aliphatic rings. The van der Waals surface area contributed by atoms with Crippen LogP contribution in [0.25, 0.3) is 0 Å². The Labute approximate surface area is 131 Å². The van der Waals surface area contributed by atoms with Crippen LogP contribution >= 0.6 is 23.2 Å². The van der Waals surface area contributed by atoms with Crippen molar-refractivity contribution in [2.24, 2.45) is 0 Å². The minimum Gasteiger partial charge on any atom is -0.394 e. The number of carbonyl (C=O) groups is 1. The van der Waals surface area contributed by atoms with E-state index >= 15 is 0 Å². The molecule has 7 heteroatoms. The summed E-state index contributed by atoms with van der Waals surface area (Å²) in [7, 11) is 0. The third-order valence-corrected chi connectivity index (χ3v) is 3.54. The van der Waals surface area contributed by atoms with Gasteiger partial charge in [0, 0.05) is 0 Å². The maximum Gasteiger partial charge on any atom is 0.255 e. The van der Waals surface area contributed by atoms with E-state index in [1.807, 2.05) is 30.3 Å². The van der Waals surface area contributed by atoms with E-state index in [0.29, 0.717) is 0 Å². The Hall–Kier alpha value is -1.69. The molecule has 1 unspecified atom stereocenters. The van der Waals surface area contributed by atoms with Gasteiger partial charge in [-0.05, 0) is 18.6 Å². The summed E-state index contributed by atoms with van der Waals surface area (Å²) < 4.78 is 0. The molecule has 0 bridgehead atoms. The summed E-state index contributed by atoms with van der Waals surface area (Å²) in [5.74, 6) is -0.489. The molecule has 1 heterocycles. The Bertz CT molecular complexity index is 652. The Balaban J connectivity index is 2.30. The first-order valence-corrected chi connectivity index (χ1v) is 6.89. The van der Waals surface area contributed by atoms with Gasteiger partial charge in [0.2, 0.25) is 0 Å². The molecule has 0 spiro atoms. The van der Waals surface area contributed by atoms with Gasteiger partial charge in [0.15, 0.2) is 10.3 Å². The van der Waals surface area contributed by atoms with Crippen LogP contribution in [0.5, 0.6) is 0 Å². The fourth-order valence-corrected chi connectivity index (χ4v) is 2.16. The largest absolute Gasteiger partial charge is 0.394 e. The molecular weight excluding hydrogens is 313 g/mol. The van der Waals surface area contributed by atoms with Crippen molar-refractivity contribution in [3.63, 3.8) is 0 Å². The van der Waals surface area contributed by atoms with Gasteiger partial charge in [-0.1, -0.05) is 53.5 Å². The van der Waals surface area contributed by atoms with Crippen LogP contribution in [0, 0.1) is 0 Å². The number of nitrogens with one attached hydrogen (secondary N) is 1. The van der Waals surface area contributed by atoms with Gasteiger partial charge in [-0.3, -0.25) is 4.79 Å². The van der Waals surface area contributed by atoms with Crippen molar-refractivity contribution in [1.82, 2.24) is 15.5 Å². The summed E-state index contributed by atoms with van der Waals surface area (Å²) in [5, 5.41) is 19.6. The Morgan fingerprint density at radius 1 is 1.29 bits per heavy atom. The second-order valence-corrected chi connectivity index (χ2v) is 5.43. The molecule has 0 radical (unpaired) electrons. The molecule has 110 valence electrons. The topological polar surface area (TPSA) is 75.1 Å². The average Bonchev–Trinajstić information content (AvgIpc) is 2.50. The van der Waals surface area contributed by atoms with Crippen LogP contribution in [0.1, 0.15) is 22.8 Å². The van der Waals surface area contributed by atoms with E-state index in [9.17, 15) is 9.90 Å². The van der Waals surface area contributed by atoms with Crippen LogP contribution in [0.4, 0.5) is 0 Å². The molecule has 2 rings (SSSR count). The van der Waals surface area contributed by atoms with Crippen molar-refractivity contribution in [1.29, 1.82) is 0 Å². The Morgan fingerprint density at radius 3 is 2.57 bits per heavy atom. The smallest absolute Gasteiger partial charge is 0.255 e. The molecule has 2 N–H and O–H groups in total. The van der Waals surface area contributed by atoms with Crippen molar-refractivity contribution < 1.29 is 9.90 Å². The normalized spacial score (nSPS) is 13.5. The lowest BCUT2D eigenvalue weighted by Gasteiger charge is -2.29. The summed E-state index contributed by atoms with van der Waals surface area (Å²) in [6.07, 6.45) is 0. The number of benzene rings is 1. The van der Waals surface area contributed by atoms with E-state index in [1.165, 1.54) is 6.07 Å². The quantitative estimate of drug-likeness (QED) is 0.905. The molecule has 1 amide bonds. The van der Waals surface area contributed by atoms with Crippen molar-refractivity contribution in [2.45, 2.75) is 12.5 Å². The number of nitrogens with zero attached hydrogens (tertiary/aromatic N) is 2. The molecule has 2 aromatic rings. The van der Waals surface area contributed by atoms with Crippen molar-refractivity contribution >= 4 is 29.1 Å². The van der Waals surface area contributed by atoms with Gasteiger partial charge >= 0.3 is 0 Å². The van der Waals surface area contributed by atoms with E-state index in [4.69, 9.17) is 23.2 Å². The van der Waals surface area contributed by atoms with Crippen molar-refractivity contribution in [3.8, 4) is 0 Å². The van der Waals surface area contributed by atoms with Crippen LogP contribution in [-0.4, -0.2) is 27.8 Å². The van der Waals surface area contributed by atoms with Gasteiger partial charge in [-0.2, -0.15) is 0 Å². The summed E-state index contributed by atoms with van der Waals surface area (Å²) in [5.41, 5.74) is -0.0745. The fourth-order valence-electron chi connectivity index (χ4n) is 1.84. The van der Waals surface area contributed by atoms with Crippen LogP contribution in [-0.2, 0) is 5.54 Å². The monoisotopic (exact) mass is 325 g/mol. The van der Waals surface area contributed by atoms with E-state index in [0.717, 1.165) is 5.56 Å². The van der Waals surface area contributed by atoms with E-state index in [2.05, 4.69) is 15.5 Å². The summed E-state index contributed by atoms with van der Waals surface area (Å²) in [4.78, 5) is 12.3. The highest BCUT2D eigenvalue weighted by Gasteiger charge is 2.29. The van der Waals surface area contributed by atoms with Gasteiger partial charge in [0.25, 0.3) is 5.91 Å². The highest BCUT2D eigenvalue weighted by molar-refractivity contribution is 6.34. The zero-order chi connectivity index (χ0) is 15.5. The number of amides is 1.